The van der Waals surface area contributed by atoms with Crippen LogP contribution in [0.1, 0.15) is 43.2 Å². The van der Waals surface area contributed by atoms with Crippen molar-refractivity contribution in [2.75, 3.05) is 6.54 Å². The molecule has 28 heavy (non-hydrogen) atoms. The van der Waals surface area contributed by atoms with Crippen molar-refractivity contribution in [3.8, 4) is 0 Å². The maximum Gasteiger partial charge on any atom is 0.315 e. The summed E-state index contributed by atoms with van der Waals surface area (Å²) in [6.45, 7) is 8.84. The van der Waals surface area contributed by atoms with Crippen LogP contribution < -0.4 is 10.6 Å². The van der Waals surface area contributed by atoms with Crippen LogP contribution >= 0.6 is 0 Å². The highest BCUT2D eigenvalue weighted by Gasteiger charge is 2.18. The van der Waals surface area contributed by atoms with Crippen molar-refractivity contribution in [2.24, 2.45) is 0 Å². The van der Waals surface area contributed by atoms with Crippen molar-refractivity contribution in [1.82, 2.24) is 20.5 Å². The topological polar surface area (TPSA) is 74.3 Å². The minimum Gasteiger partial charge on any atom is -0.334 e. The van der Waals surface area contributed by atoms with E-state index in [2.05, 4.69) is 34.7 Å². The standard InChI is InChI=1S/C22H30N4O2/c1-5-18-7-6-8-19(11-18)15-26(16(2)3)21(27)14-25-22(28)24-13-20-10-9-17(4)23-12-20/h6-12,16H,5,13-15H2,1-4H3,(H2,24,25,28). The maximum atomic E-state index is 12.6. The number of hydrogen-bond acceptors (Lipinski definition) is 3. The Labute approximate surface area is 167 Å². The Morgan fingerprint density at radius 3 is 2.46 bits per heavy atom. The molecule has 0 aliphatic heterocycles. The predicted octanol–water partition coefficient (Wildman–Crippen LogP) is 3.19. The van der Waals surface area contributed by atoms with Crippen LogP contribution in [0.5, 0.6) is 0 Å². The lowest BCUT2D eigenvalue weighted by Crippen LogP contribution is -2.45. The number of aryl methyl sites for hydroxylation is 2. The lowest BCUT2D eigenvalue weighted by molar-refractivity contribution is -0.132. The zero-order valence-electron chi connectivity index (χ0n) is 17.2. The van der Waals surface area contributed by atoms with Crippen LogP contribution in [0.15, 0.2) is 42.6 Å². The number of nitrogens with zero attached hydrogens (tertiary/aromatic N) is 2. The fraction of sp³-hybridized carbons (Fsp3) is 0.409. The molecule has 0 aliphatic carbocycles. The van der Waals surface area contributed by atoms with Crippen molar-refractivity contribution >= 4 is 11.9 Å². The van der Waals surface area contributed by atoms with Gasteiger partial charge in [0.15, 0.2) is 0 Å². The van der Waals surface area contributed by atoms with Gasteiger partial charge in [0.05, 0.1) is 6.54 Å². The summed E-state index contributed by atoms with van der Waals surface area (Å²) < 4.78 is 0. The summed E-state index contributed by atoms with van der Waals surface area (Å²) in [4.78, 5) is 30.6. The summed E-state index contributed by atoms with van der Waals surface area (Å²) in [7, 11) is 0. The highest BCUT2D eigenvalue weighted by molar-refractivity contribution is 5.84. The van der Waals surface area contributed by atoms with Gasteiger partial charge in [-0.15, -0.1) is 0 Å². The zero-order chi connectivity index (χ0) is 20.5. The number of benzene rings is 1. The van der Waals surface area contributed by atoms with Gasteiger partial charge in [0.1, 0.15) is 0 Å². The molecule has 3 amide bonds. The van der Waals surface area contributed by atoms with Crippen molar-refractivity contribution in [3.05, 3.63) is 65.0 Å². The highest BCUT2D eigenvalue weighted by atomic mass is 16.2. The van der Waals surface area contributed by atoms with Crippen LogP contribution in [0.25, 0.3) is 0 Å². The zero-order valence-corrected chi connectivity index (χ0v) is 17.2. The fourth-order valence-electron chi connectivity index (χ4n) is 2.81. The average molecular weight is 383 g/mol. The number of carbonyl (C=O) groups is 2. The number of aromatic nitrogens is 1. The molecule has 2 aromatic rings. The SMILES string of the molecule is CCc1cccc(CN(C(=O)CNC(=O)NCc2ccc(C)nc2)C(C)C)c1. The molecule has 0 atom stereocenters. The van der Waals surface area contributed by atoms with Gasteiger partial charge in [-0.1, -0.05) is 37.3 Å². The summed E-state index contributed by atoms with van der Waals surface area (Å²) in [6, 6.07) is 11.7. The van der Waals surface area contributed by atoms with Crippen LogP contribution in [0.4, 0.5) is 4.79 Å². The van der Waals surface area contributed by atoms with Crippen LogP contribution in [-0.2, 0) is 24.3 Å². The number of hydrogen-bond donors (Lipinski definition) is 2. The smallest absolute Gasteiger partial charge is 0.315 e. The molecule has 0 saturated carbocycles. The number of nitrogens with one attached hydrogen (secondary N) is 2. The van der Waals surface area contributed by atoms with Gasteiger partial charge in [-0.2, -0.15) is 0 Å². The summed E-state index contributed by atoms with van der Waals surface area (Å²) in [5.74, 6) is -0.107. The highest BCUT2D eigenvalue weighted by Crippen LogP contribution is 2.11. The second-order valence-corrected chi connectivity index (χ2v) is 7.13. The van der Waals surface area contributed by atoms with E-state index in [0.717, 1.165) is 23.2 Å². The first-order chi connectivity index (χ1) is 13.4. The number of carbonyl (C=O) groups excluding carboxylic acids is 2. The molecule has 0 bridgehead atoms. The molecular weight excluding hydrogens is 352 g/mol. The van der Waals surface area contributed by atoms with Gasteiger partial charge in [-0.3, -0.25) is 9.78 Å². The molecule has 1 aromatic carbocycles. The number of pyridine rings is 1. The Morgan fingerprint density at radius 1 is 1.07 bits per heavy atom. The second kappa shape index (κ2) is 10.4. The van der Waals surface area contributed by atoms with Crippen molar-refractivity contribution < 1.29 is 9.59 Å². The normalized spacial score (nSPS) is 10.6. The molecule has 6 nitrogen and oxygen atoms in total. The Hall–Kier alpha value is -2.89. The molecule has 2 N–H and O–H groups in total. The van der Waals surface area contributed by atoms with Crippen LogP contribution in [0.2, 0.25) is 0 Å². The maximum absolute atomic E-state index is 12.6. The molecule has 150 valence electrons. The van der Waals surface area contributed by atoms with Crippen molar-refractivity contribution in [3.63, 3.8) is 0 Å². The molecule has 1 aromatic heterocycles. The molecule has 0 spiro atoms. The van der Waals surface area contributed by atoms with Gasteiger partial charge < -0.3 is 15.5 Å². The third kappa shape index (κ3) is 6.68. The van der Waals surface area contributed by atoms with E-state index in [1.807, 2.05) is 45.0 Å². The summed E-state index contributed by atoms with van der Waals surface area (Å²) in [5, 5.41) is 5.39. The first-order valence-electron chi connectivity index (χ1n) is 9.69. The third-order valence-corrected chi connectivity index (χ3v) is 4.52. The van der Waals surface area contributed by atoms with Crippen LogP contribution in [0, 0.1) is 6.92 Å². The molecule has 0 radical (unpaired) electrons. The monoisotopic (exact) mass is 382 g/mol. The van der Waals surface area contributed by atoms with E-state index in [0.29, 0.717) is 13.1 Å². The van der Waals surface area contributed by atoms with Gasteiger partial charge in [-0.05, 0) is 49.9 Å². The van der Waals surface area contributed by atoms with E-state index in [-0.39, 0.29) is 24.5 Å². The van der Waals surface area contributed by atoms with Gasteiger partial charge in [-0.25, -0.2) is 4.79 Å². The largest absolute Gasteiger partial charge is 0.334 e. The molecule has 1 heterocycles. The van der Waals surface area contributed by atoms with Gasteiger partial charge >= 0.3 is 6.03 Å². The van der Waals surface area contributed by atoms with E-state index < -0.39 is 0 Å². The van der Waals surface area contributed by atoms with E-state index in [1.165, 1.54) is 5.56 Å². The molecular formula is C22H30N4O2. The van der Waals surface area contributed by atoms with E-state index in [1.54, 1.807) is 11.1 Å². The Kier molecular flexibility index (Phi) is 7.99. The number of urea groups is 1. The Bertz CT molecular complexity index is 787. The molecule has 0 saturated heterocycles. The molecule has 0 fully saturated rings. The number of amides is 3. The molecule has 0 aliphatic rings. The van der Waals surface area contributed by atoms with Crippen molar-refractivity contribution in [2.45, 2.75) is 53.2 Å². The first kappa shape index (κ1) is 21.4. The molecule has 0 unspecified atom stereocenters. The predicted molar refractivity (Wildman–Crippen MR) is 111 cm³/mol. The lowest BCUT2D eigenvalue weighted by atomic mass is 10.1. The van der Waals surface area contributed by atoms with Crippen LogP contribution in [0.3, 0.4) is 0 Å². The first-order valence-corrected chi connectivity index (χ1v) is 9.69. The lowest BCUT2D eigenvalue weighted by Gasteiger charge is -2.27. The van der Waals surface area contributed by atoms with E-state index >= 15 is 0 Å². The Morgan fingerprint density at radius 2 is 1.82 bits per heavy atom. The quantitative estimate of drug-likeness (QED) is 0.736. The van der Waals surface area contributed by atoms with E-state index in [4.69, 9.17) is 0 Å². The third-order valence-electron chi connectivity index (χ3n) is 4.52. The average Bonchev–Trinajstić information content (AvgIpc) is 2.69. The molecule has 6 heteroatoms. The summed E-state index contributed by atoms with van der Waals surface area (Å²) >= 11 is 0. The number of rotatable bonds is 8. The van der Waals surface area contributed by atoms with Gasteiger partial charge in [0.25, 0.3) is 0 Å². The van der Waals surface area contributed by atoms with Gasteiger partial charge in [0.2, 0.25) is 5.91 Å². The van der Waals surface area contributed by atoms with Crippen LogP contribution in [-0.4, -0.2) is 34.4 Å². The molecule has 2 rings (SSSR count). The van der Waals surface area contributed by atoms with Gasteiger partial charge in [0, 0.05) is 31.0 Å². The summed E-state index contributed by atoms with van der Waals surface area (Å²) in [6.07, 6.45) is 2.69. The summed E-state index contributed by atoms with van der Waals surface area (Å²) in [5.41, 5.74) is 4.18. The minimum atomic E-state index is -0.370. The van der Waals surface area contributed by atoms with E-state index in [9.17, 15) is 9.59 Å². The fourth-order valence-corrected chi connectivity index (χ4v) is 2.81. The van der Waals surface area contributed by atoms with Crippen molar-refractivity contribution in [1.29, 1.82) is 0 Å². The minimum absolute atomic E-state index is 0.0381. The second-order valence-electron chi connectivity index (χ2n) is 7.13. The Balaban J connectivity index is 1.85.